The molecule has 0 heterocycles. The first kappa shape index (κ1) is 18.9. The molecule has 0 aliphatic carbocycles. The molecule has 0 aliphatic rings. The molecule has 8 nitrogen and oxygen atoms in total. The molecule has 0 amide bonds. The Labute approximate surface area is 139 Å². The van der Waals surface area contributed by atoms with Gasteiger partial charge in [0, 0.05) is 24.3 Å². The fourth-order valence-electron chi connectivity index (χ4n) is 1.55. The van der Waals surface area contributed by atoms with E-state index >= 15 is 0 Å². The quantitative estimate of drug-likeness (QED) is 0.281. The number of benzene rings is 1. The molecule has 0 saturated heterocycles. The maximum atomic E-state index is 10.9. The Morgan fingerprint density at radius 3 is 1.54 bits per heavy atom. The van der Waals surface area contributed by atoms with Gasteiger partial charge in [-0.1, -0.05) is 13.2 Å². The van der Waals surface area contributed by atoms with E-state index in [4.69, 9.17) is 30.4 Å². The van der Waals surface area contributed by atoms with Crippen LogP contribution >= 0.6 is 0 Å². The van der Waals surface area contributed by atoms with Gasteiger partial charge in [-0.05, 0) is 0 Å². The van der Waals surface area contributed by atoms with Crippen LogP contribution < -0.4 is 20.9 Å². The lowest BCUT2D eigenvalue weighted by molar-refractivity contribution is -0.139. The van der Waals surface area contributed by atoms with Gasteiger partial charge in [0.2, 0.25) is 0 Å². The minimum atomic E-state index is -0.535. The molecule has 24 heavy (non-hydrogen) atoms. The first-order valence-corrected chi connectivity index (χ1v) is 7.01. The van der Waals surface area contributed by atoms with Crippen molar-refractivity contribution in [2.24, 2.45) is 0 Å². The fraction of sp³-hybridized carbons (Fsp3) is 0.250. The Morgan fingerprint density at radius 1 is 0.833 bits per heavy atom. The summed E-state index contributed by atoms with van der Waals surface area (Å²) in [6, 6.07) is 2.99. The highest BCUT2D eigenvalue weighted by Gasteiger charge is 2.09. The molecule has 0 spiro atoms. The maximum absolute atomic E-state index is 10.9. The van der Waals surface area contributed by atoms with Crippen molar-refractivity contribution < 1.29 is 28.5 Å². The number of esters is 2. The zero-order chi connectivity index (χ0) is 17.9. The van der Waals surface area contributed by atoms with Crippen molar-refractivity contribution in [3.8, 4) is 11.5 Å². The first-order chi connectivity index (χ1) is 11.5. The molecule has 1 rings (SSSR count). The van der Waals surface area contributed by atoms with Gasteiger partial charge in [-0.2, -0.15) is 0 Å². The lowest BCUT2D eigenvalue weighted by Crippen LogP contribution is -2.12. The lowest BCUT2D eigenvalue weighted by Gasteiger charge is -2.14. The van der Waals surface area contributed by atoms with Crippen molar-refractivity contribution in [1.82, 2.24) is 0 Å². The van der Waals surface area contributed by atoms with E-state index in [-0.39, 0.29) is 26.4 Å². The number of nitrogens with two attached hydrogens (primary N) is 2. The van der Waals surface area contributed by atoms with Gasteiger partial charge >= 0.3 is 11.9 Å². The van der Waals surface area contributed by atoms with Gasteiger partial charge in [0.25, 0.3) is 0 Å². The van der Waals surface area contributed by atoms with E-state index in [1.807, 2.05) is 0 Å². The van der Waals surface area contributed by atoms with E-state index < -0.39 is 11.9 Å². The summed E-state index contributed by atoms with van der Waals surface area (Å²) in [5, 5.41) is 0. The standard InChI is InChI=1S/C16H20N2O6/c1-3-15(19)23-7-5-21-13-9-12(18)14(10-11(13)17)22-6-8-24-16(20)4-2/h3-4,9-10H,1-2,5-8,17-18H2. The molecule has 1 aromatic carbocycles. The van der Waals surface area contributed by atoms with Crippen LogP contribution in [0.2, 0.25) is 0 Å². The molecular formula is C16H20N2O6. The Kier molecular flexibility index (Phi) is 7.69. The van der Waals surface area contributed by atoms with Crippen molar-refractivity contribution in [2.45, 2.75) is 0 Å². The van der Waals surface area contributed by atoms with Crippen LogP contribution in [0.15, 0.2) is 37.4 Å². The third-order valence-corrected chi connectivity index (χ3v) is 2.65. The predicted octanol–water partition coefficient (Wildman–Crippen LogP) is 1.07. The highest BCUT2D eigenvalue weighted by atomic mass is 16.6. The molecule has 130 valence electrons. The Bertz CT molecular complexity index is 561. The minimum Gasteiger partial charge on any atom is -0.488 e. The molecule has 0 atom stereocenters. The van der Waals surface area contributed by atoms with Crippen molar-refractivity contribution in [2.75, 3.05) is 37.9 Å². The molecular weight excluding hydrogens is 316 g/mol. The van der Waals surface area contributed by atoms with Gasteiger partial charge < -0.3 is 30.4 Å². The van der Waals surface area contributed by atoms with Crippen molar-refractivity contribution in [3.05, 3.63) is 37.4 Å². The van der Waals surface area contributed by atoms with Crippen LogP contribution in [0.4, 0.5) is 11.4 Å². The van der Waals surface area contributed by atoms with Crippen LogP contribution in [0, 0.1) is 0 Å². The molecule has 0 bridgehead atoms. The second-order valence-corrected chi connectivity index (χ2v) is 4.37. The van der Waals surface area contributed by atoms with E-state index in [9.17, 15) is 9.59 Å². The number of carbonyl (C=O) groups excluding carboxylic acids is 2. The van der Waals surface area contributed by atoms with Crippen LogP contribution in [0.25, 0.3) is 0 Å². The van der Waals surface area contributed by atoms with Gasteiger partial charge in [0.15, 0.2) is 0 Å². The SMILES string of the molecule is C=CC(=O)OCCOc1cc(N)c(OCCOC(=O)C=C)cc1N. The predicted molar refractivity (Wildman–Crippen MR) is 88.6 cm³/mol. The summed E-state index contributed by atoms with van der Waals surface area (Å²) in [5.41, 5.74) is 12.3. The lowest BCUT2D eigenvalue weighted by atomic mass is 10.2. The second kappa shape index (κ2) is 9.78. The molecule has 0 saturated carbocycles. The molecule has 0 radical (unpaired) electrons. The number of nitrogen functional groups attached to an aromatic ring is 2. The Morgan fingerprint density at radius 2 is 1.21 bits per heavy atom. The maximum Gasteiger partial charge on any atom is 0.330 e. The smallest absolute Gasteiger partial charge is 0.330 e. The number of ether oxygens (including phenoxy) is 4. The van der Waals surface area contributed by atoms with Crippen LogP contribution in [0.5, 0.6) is 11.5 Å². The summed E-state index contributed by atoms with van der Waals surface area (Å²) in [7, 11) is 0. The monoisotopic (exact) mass is 336 g/mol. The number of anilines is 2. The summed E-state index contributed by atoms with van der Waals surface area (Å²) >= 11 is 0. The van der Waals surface area contributed by atoms with Gasteiger partial charge in [0.05, 0.1) is 11.4 Å². The van der Waals surface area contributed by atoms with Crippen LogP contribution in [-0.4, -0.2) is 38.4 Å². The van der Waals surface area contributed by atoms with Crippen LogP contribution in [0.1, 0.15) is 0 Å². The summed E-state index contributed by atoms with van der Waals surface area (Å²) < 4.78 is 20.3. The third kappa shape index (κ3) is 6.30. The Balaban J connectivity index is 2.49. The zero-order valence-corrected chi connectivity index (χ0v) is 13.2. The molecule has 1 aromatic rings. The van der Waals surface area contributed by atoms with E-state index in [0.29, 0.717) is 22.9 Å². The minimum absolute atomic E-state index is 0.0527. The Hall–Kier alpha value is -3.16. The second-order valence-electron chi connectivity index (χ2n) is 4.37. The third-order valence-electron chi connectivity index (χ3n) is 2.65. The topological polar surface area (TPSA) is 123 Å². The van der Waals surface area contributed by atoms with Crippen molar-refractivity contribution in [3.63, 3.8) is 0 Å². The van der Waals surface area contributed by atoms with E-state index in [1.54, 1.807) is 0 Å². The van der Waals surface area contributed by atoms with E-state index in [0.717, 1.165) is 12.2 Å². The largest absolute Gasteiger partial charge is 0.488 e. The summed E-state index contributed by atoms with van der Waals surface area (Å²) in [4.78, 5) is 21.8. The average molecular weight is 336 g/mol. The summed E-state index contributed by atoms with van der Waals surface area (Å²) in [6.45, 7) is 6.89. The molecule has 4 N–H and O–H groups in total. The zero-order valence-electron chi connectivity index (χ0n) is 13.2. The first-order valence-electron chi connectivity index (χ1n) is 7.01. The number of rotatable bonds is 10. The van der Waals surface area contributed by atoms with Crippen LogP contribution in [0.3, 0.4) is 0 Å². The summed E-state index contributed by atoms with van der Waals surface area (Å²) in [6.07, 6.45) is 2.12. The van der Waals surface area contributed by atoms with Gasteiger partial charge in [-0.3, -0.25) is 0 Å². The number of hydrogen-bond donors (Lipinski definition) is 2. The van der Waals surface area contributed by atoms with E-state index in [1.165, 1.54) is 12.1 Å². The molecule has 0 fully saturated rings. The van der Waals surface area contributed by atoms with Crippen molar-refractivity contribution in [1.29, 1.82) is 0 Å². The van der Waals surface area contributed by atoms with Crippen molar-refractivity contribution >= 4 is 23.3 Å². The molecule has 0 aliphatic heterocycles. The molecule has 0 aromatic heterocycles. The number of hydrogen-bond acceptors (Lipinski definition) is 8. The van der Waals surface area contributed by atoms with Gasteiger partial charge in [-0.15, -0.1) is 0 Å². The van der Waals surface area contributed by atoms with Gasteiger partial charge in [0.1, 0.15) is 37.9 Å². The van der Waals surface area contributed by atoms with Gasteiger partial charge in [-0.25, -0.2) is 9.59 Å². The van der Waals surface area contributed by atoms with E-state index in [2.05, 4.69) is 13.2 Å². The number of carbonyl (C=O) groups is 2. The molecule has 8 heteroatoms. The normalized spacial score (nSPS) is 9.67. The summed E-state index contributed by atoms with van der Waals surface area (Å²) in [5.74, 6) is -0.390. The van der Waals surface area contributed by atoms with Crippen LogP contribution in [-0.2, 0) is 19.1 Å². The average Bonchev–Trinajstić information content (AvgIpc) is 2.58. The fourth-order valence-corrected chi connectivity index (χ4v) is 1.55. The molecule has 0 unspecified atom stereocenters. The highest BCUT2D eigenvalue weighted by molar-refractivity contribution is 5.81. The highest BCUT2D eigenvalue weighted by Crippen LogP contribution is 2.32.